The van der Waals surface area contributed by atoms with Gasteiger partial charge in [-0.3, -0.25) is 0 Å². The maximum atomic E-state index is 2.29. The Morgan fingerprint density at radius 3 is 1.64 bits per heavy atom. The third kappa shape index (κ3) is 13.3. The van der Waals surface area contributed by atoms with Crippen molar-refractivity contribution < 1.29 is 27.0 Å². The maximum absolute atomic E-state index is 2.29. The van der Waals surface area contributed by atoms with Crippen LogP contribution < -0.4 is 21.5 Å². The molecule has 22 heavy (non-hydrogen) atoms. The molecule has 0 saturated heterocycles. The van der Waals surface area contributed by atoms with Gasteiger partial charge in [0.05, 0.1) is 13.6 Å². The molecule has 3 nitrogen and oxygen atoms in total. The van der Waals surface area contributed by atoms with Gasteiger partial charge in [0.15, 0.2) is 0 Å². The van der Waals surface area contributed by atoms with Crippen molar-refractivity contribution in [3.63, 3.8) is 0 Å². The quantitative estimate of drug-likeness (QED) is 0.366. The van der Waals surface area contributed by atoms with Gasteiger partial charge in [0.25, 0.3) is 0 Å². The molecule has 1 heterocycles. The van der Waals surface area contributed by atoms with Crippen LogP contribution in [0.4, 0.5) is 0 Å². The predicted molar refractivity (Wildman–Crippen MR) is 90.3 cm³/mol. The lowest BCUT2D eigenvalue weighted by molar-refractivity contribution is -0.671. The van der Waals surface area contributed by atoms with Crippen molar-refractivity contribution in [1.29, 1.82) is 0 Å². The van der Waals surface area contributed by atoms with Gasteiger partial charge >= 0.3 is 0 Å². The van der Waals surface area contributed by atoms with Crippen LogP contribution in [0.25, 0.3) is 0 Å². The van der Waals surface area contributed by atoms with E-state index in [4.69, 9.17) is 0 Å². The van der Waals surface area contributed by atoms with Crippen LogP contribution in [0.1, 0.15) is 84.0 Å². The predicted octanol–water partition coefficient (Wildman–Crippen LogP) is 1.19. The Balaban J connectivity index is 0. The molecule has 0 bridgehead atoms. The molecule has 0 unspecified atom stereocenters. The average molecular weight is 377 g/mol. The molecule has 0 aliphatic rings. The number of nitrogens with zero attached hydrogens (tertiary/aromatic N) is 2. The molecule has 0 fully saturated rings. The van der Waals surface area contributed by atoms with Crippen molar-refractivity contribution >= 4 is 0 Å². The van der Waals surface area contributed by atoms with E-state index in [1.54, 1.807) is 0 Å². The minimum atomic E-state index is 0. The van der Waals surface area contributed by atoms with Crippen LogP contribution in [-0.4, -0.2) is 10.0 Å². The fraction of sp³-hybridized carbons (Fsp3) is 0.833. The minimum absolute atomic E-state index is 0. The van der Waals surface area contributed by atoms with E-state index in [0.717, 1.165) is 0 Å². The van der Waals surface area contributed by atoms with Gasteiger partial charge in [-0.1, -0.05) is 71.1 Å². The van der Waals surface area contributed by atoms with Gasteiger partial charge in [0.2, 0.25) is 6.33 Å². The standard InChI is InChI=1S/C18H35N2.BrH.H2O/c1-3-4-5-6-7-8-9-10-11-12-13-14-15-20-17-16-19(2)18-20;;/h16-18H,3-15H2,1-2H3;1H;1H2/q+1;;/p-1. The van der Waals surface area contributed by atoms with Gasteiger partial charge in [-0.15, -0.1) is 0 Å². The molecule has 1 aromatic rings. The smallest absolute Gasteiger partial charge is 0.243 e. The molecule has 0 aliphatic heterocycles. The van der Waals surface area contributed by atoms with E-state index in [-0.39, 0.29) is 22.5 Å². The third-order valence-corrected chi connectivity index (χ3v) is 4.09. The van der Waals surface area contributed by atoms with Crippen LogP contribution >= 0.6 is 0 Å². The van der Waals surface area contributed by atoms with Crippen LogP contribution in [0.5, 0.6) is 0 Å². The van der Waals surface area contributed by atoms with Crippen molar-refractivity contribution in [2.24, 2.45) is 7.05 Å². The van der Waals surface area contributed by atoms with Gasteiger partial charge in [-0.05, 0) is 12.8 Å². The number of imidazole rings is 1. The minimum Gasteiger partial charge on any atom is -1.00 e. The lowest BCUT2D eigenvalue weighted by atomic mass is 10.1. The Morgan fingerprint density at radius 2 is 1.23 bits per heavy atom. The second-order valence-corrected chi connectivity index (χ2v) is 6.21. The largest absolute Gasteiger partial charge is 1.00 e. The molecule has 0 aliphatic carbocycles. The second-order valence-electron chi connectivity index (χ2n) is 6.21. The highest BCUT2D eigenvalue weighted by Crippen LogP contribution is 2.12. The molecule has 0 saturated carbocycles. The topological polar surface area (TPSA) is 40.3 Å². The first-order valence-electron chi connectivity index (χ1n) is 8.84. The summed E-state index contributed by atoms with van der Waals surface area (Å²) < 4.78 is 4.40. The van der Waals surface area contributed by atoms with Gasteiger partial charge in [-0.2, -0.15) is 0 Å². The fourth-order valence-electron chi connectivity index (χ4n) is 2.77. The van der Waals surface area contributed by atoms with Crippen molar-refractivity contribution in [3.8, 4) is 0 Å². The summed E-state index contributed by atoms with van der Waals surface area (Å²) in [7, 11) is 2.08. The molecule has 132 valence electrons. The molecule has 4 heteroatoms. The van der Waals surface area contributed by atoms with Crippen LogP contribution in [0, 0.1) is 0 Å². The number of rotatable bonds is 13. The number of unbranched alkanes of at least 4 members (excludes halogenated alkanes) is 11. The van der Waals surface area contributed by atoms with Crippen LogP contribution in [0.2, 0.25) is 0 Å². The summed E-state index contributed by atoms with van der Waals surface area (Å²) in [5.74, 6) is 0. The van der Waals surface area contributed by atoms with E-state index >= 15 is 0 Å². The second kappa shape index (κ2) is 17.0. The van der Waals surface area contributed by atoms with Crippen LogP contribution in [0.15, 0.2) is 18.7 Å². The SMILES string of the molecule is CCCCCCCCCCCCCCn1cc[n+](C)c1.O.[Br-]. The number of hydrogen-bond donors (Lipinski definition) is 0. The zero-order chi connectivity index (χ0) is 14.5. The first-order chi connectivity index (χ1) is 9.83. The van der Waals surface area contributed by atoms with E-state index in [0.29, 0.717) is 0 Å². The summed E-state index contributed by atoms with van der Waals surface area (Å²) in [5, 5.41) is 0. The highest BCUT2D eigenvalue weighted by atomic mass is 79.9. The Bertz CT molecular complexity index is 329. The Morgan fingerprint density at radius 1 is 0.773 bits per heavy atom. The molecule has 0 radical (unpaired) electrons. The normalized spacial score (nSPS) is 10.1. The number of aryl methyl sites for hydroxylation is 2. The highest BCUT2D eigenvalue weighted by Gasteiger charge is 1.99. The molecular formula is C18H37BrN2O. The van der Waals surface area contributed by atoms with E-state index in [9.17, 15) is 0 Å². The molecule has 1 aromatic heterocycles. The number of hydrogen-bond acceptors (Lipinski definition) is 0. The van der Waals surface area contributed by atoms with Crippen LogP contribution in [0.3, 0.4) is 0 Å². The van der Waals surface area contributed by atoms with Gasteiger partial charge in [0, 0.05) is 0 Å². The lowest BCUT2D eigenvalue weighted by Crippen LogP contribution is -3.00. The summed E-state index contributed by atoms with van der Waals surface area (Å²) in [4.78, 5) is 0. The molecule has 0 amide bonds. The lowest BCUT2D eigenvalue weighted by Gasteiger charge is -2.02. The Kier molecular flexibility index (Phi) is 18.5. The molecule has 0 spiro atoms. The summed E-state index contributed by atoms with van der Waals surface area (Å²) >= 11 is 0. The summed E-state index contributed by atoms with van der Waals surface area (Å²) in [6, 6.07) is 0. The Labute approximate surface area is 148 Å². The zero-order valence-corrected chi connectivity index (χ0v) is 16.3. The first kappa shape index (κ1) is 23.9. The maximum Gasteiger partial charge on any atom is 0.243 e. The van der Waals surface area contributed by atoms with Crippen molar-refractivity contribution in [2.75, 3.05) is 0 Å². The van der Waals surface area contributed by atoms with E-state index in [1.165, 1.54) is 83.6 Å². The highest BCUT2D eigenvalue weighted by molar-refractivity contribution is 4.65. The van der Waals surface area contributed by atoms with Gasteiger partial charge in [-0.25, -0.2) is 9.13 Å². The van der Waals surface area contributed by atoms with E-state index in [1.807, 2.05) is 0 Å². The molecule has 2 N–H and O–H groups in total. The Hall–Kier alpha value is -0.350. The molecular weight excluding hydrogens is 340 g/mol. The van der Waals surface area contributed by atoms with Crippen LogP contribution in [-0.2, 0) is 13.6 Å². The van der Waals surface area contributed by atoms with Gasteiger partial charge < -0.3 is 22.5 Å². The molecule has 0 aromatic carbocycles. The summed E-state index contributed by atoms with van der Waals surface area (Å²) in [6.07, 6.45) is 23.6. The van der Waals surface area contributed by atoms with E-state index in [2.05, 4.69) is 41.8 Å². The summed E-state index contributed by atoms with van der Waals surface area (Å²) in [6.45, 7) is 3.47. The zero-order valence-electron chi connectivity index (χ0n) is 14.7. The van der Waals surface area contributed by atoms with Crippen molar-refractivity contribution in [3.05, 3.63) is 18.7 Å². The molecule has 0 atom stereocenters. The monoisotopic (exact) mass is 376 g/mol. The van der Waals surface area contributed by atoms with Crippen molar-refractivity contribution in [2.45, 2.75) is 90.5 Å². The van der Waals surface area contributed by atoms with Gasteiger partial charge in [0.1, 0.15) is 12.4 Å². The first-order valence-corrected chi connectivity index (χ1v) is 8.84. The summed E-state index contributed by atoms with van der Waals surface area (Å²) in [5.41, 5.74) is 0. The van der Waals surface area contributed by atoms with E-state index < -0.39 is 0 Å². The molecule has 1 rings (SSSR count). The third-order valence-electron chi connectivity index (χ3n) is 4.09. The average Bonchev–Trinajstić information content (AvgIpc) is 2.86. The number of halogens is 1. The number of aromatic nitrogens is 2. The van der Waals surface area contributed by atoms with Crippen molar-refractivity contribution in [1.82, 2.24) is 4.57 Å². The fourth-order valence-corrected chi connectivity index (χ4v) is 2.77.